The molecule has 3 atom stereocenters. The van der Waals surface area contributed by atoms with Gasteiger partial charge in [0.1, 0.15) is 17.8 Å². The van der Waals surface area contributed by atoms with Crippen LogP contribution in [0.25, 0.3) is 10.4 Å². The molecule has 0 aliphatic carbocycles. The van der Waals surface area contributed by atoms with Crippen LogP contribution in [0, 0.1) is 12.8 Å². The summed E-state index contributed by atoms with van der Waals surface area (Å²) in [4.78, 5) is 34.5. The van der Waals surface area contributed by atoms with Crippen molar-refractivity contribution in [1.82, 2.24) is 25.0 Å². The summed E-state index contributed by atoms with van der Waals surface area (Å²) >= 11 is 1.62. The Balaban J connectivity index is 1.25. The van der Waals surface area contributed by atoms with Gasteiger partial charge >= 0.3 is 0 Å². The molecular formula is C31H35N5O3S. The first kappa shape index (κ1) is 27.6. The fraction of sp³-hybridized carbons (Fsp3) is 0.355. The molecule has 2 aromatic heterocycles. The van der Waals surface area contributed by atoms with Crippen molar-refractivity contribution in [3.8, 4) is 21.9 Å². The number of nitrogens with one attached hydrogen (secondary N) is 1. The van der Waals surface area contributed by atoms with E-state index in [2.05, 4.69) is 27.5 Å². The number of carbonyl (C=O) groups is 2. The van der Waals surface area contributed by atoms with Crippen molar-refractivity contribution >= 4 is 23.2 Å². The molecule has 0 saturated carbocycles. The number of hydrogen-bond donors (Lipinski definition) is 1. The van der Waals surface area contributed by atoms with E-state index in [1.54, 1.807) is 33.3 Å². The molecule has 40 heavy (non-hydrogen) atoms. The van der Waals surface area contributed by atoms with Crippen molar-refractivity contribution in [3.63, 3.8) is 0 Å². The third kappa shape index (κ3) is 5.94. The Morgan fingerprint density at radius 1 is 1.05 bits per heavy atom. The zero-order chi connectivity index (χ0) is 28.2. The van der Waals surface area contributed by atoms with Crippen LogP contribution in [-0.4, -0.2) is 44.1 Å². The summed E-state index contributed by atoms with van der Waals surface area (Å²) in [5, 5.41) is 7.60. The number of aromatic nitrogens is 3. The number of amides is 2. The molecule has 0 bridgehead atoms. The van der Waals surface area contributed by atoms with E-state index in [9.17, 15) is 9.59 Å². The topological polar surface area (TPSA) is 89.4 Å². The molecule has 2 amide bonds. The van der Waals surface area contributed by atoms with Gasteiger partial charge in [-0.05, 0) is 55.9 Å². The minimum absolute atomic E-state index is 0.0269. The second-order valence-electron chi connectivity index (χ2n) is 10.6. The minimum Gasteiger partial charge on any atom is -0.454 e. The summed E-state index contributed by atoms with van der Waals surface area (Å²) in [6.07, 6.45) is 4.79. The molecule has 0 spiro atoms. The van der Waals surface area contributed by atoms with Crippen LogP contribution < -0.4 is 10.1 Å². The standard InChI is InChI=1S/C31H35N5O3S/c1-20(2)28(36-18-26(17-33-36)39-25-9-6-5-7-10-25)31(38)35-16-8-11-27(35)30(37)34-21(3)23-12-14-24(15-13-23)29-22(4)32-19-40-29/h5-7,9-10,12-15,17-21,27-28H,8,11,16H2,1-4H3,(H,34,37)/t21-,27-,28?/m0/s1. The molecule has 1 unspecified atom stereocenters. The molecule has 1 fully saturated rings. The quantitative estimate of drug-likeness (QED) is 0.266. The lowest BCUT2D eigenvalue weighted by Gasteiger charge is -2.30. The van der Waals surface area contributed by atoms with Crippen LogP contribution >= 0.6 is 11.3 Å². The first-order valence-electron chi connectivity index (χ1n) is 13.7. The van der Waals surface area contributed by atoms with Crippen molar-refractivity contribution in [1.29, 1.82) is 0 Å². The highest BCUT2D eigenvalue weighted by atomic mass is 32.1. The van der Waals surface area contributed by atoms with Gasteiger partial charge in [-0.3, -0.25) is 14.3 Å². The van der Waals surface area contributed by atoms with Gasteiger partial charge in [-0.15, -0.1) is 11.3 Å². The predicted octanol–water partition coefficient (Wildman–Crippen LogP) is 6.17. The lowest BCUT2D eigenvalue weighted by molar-refractivity contribution is -0.142. The number of hydrogen-bond acceptors (Lipinski definition) is 6. The zero-order valence-electron chi connectivity index (χ0n) is 23.3. The van der Waals surface area contributed by atoms with Gasteiger partial charge in [0.2, 0.25) is 11.8 Å². The summed E-state index contributed by atoms with van der Waals surface area (Å²) in [7, 11) is 0. The Labute approximate surface area is 239 Å². The molecule has 4 aromatic rings. The molecule has 2 aromatic carbocycles. The Morgan fingerprint density at radius 2 is 1.80 bits per heavy atom. The number of thiazole rings is 1. The van der Waals surface area contributed by atoms with Crippen LogP contribution in [0.2, 0.25) is 0 Å². The smallest absolute Gasteiger partial charge is 0.248 e. The van der Waals surface area contributed by atoms with E-state index >= 15 is 0 Å². The lowest BCUT2D eigenvalue weighted by atomic mass is 10.0. The van der Waals surface area contributed by atoms with Crippen LogP contribution in [-0.2, 0) is 9.59 Å². The minimum atomic E-state index is -0.540. The van der Waals surface area contributed by atoms with Crippen molar-refractivity contribution in [2.24, 2.45) is 5.92 Å². The van der Waals surface area contributed by atoms with Crippen molar-refractivity contribution in [2.75, 3.05) is 6.54 Å². The molecule has 3 heterocycles. The fourth-order valence-corrected chi connectivity index (χ4v) is 6.03. The average Bonchev–Trinajstić information content (AvgIpc) is 3.71. The summed E-state index contributed by atoms with van der Waals surface area (Å²) in [5.74, 6) is 1.01. The summed E-state index contributed by atoms with van der Waals surface area (Å²) in [6, 6.07) is 16.4. The fourth-order valence-electron chi connectivity index (χ4n) is 5.22. The maximum atomic E-state index is 13.8. The Hall–Kier alpha value is -3.98. The molecule has 5 rings (SSSR count). The van der Waals surface area contributed by atoms with E-state index in [1.165, 1.54) is 0 Å². The SMILES string of the molecule is Cc1ncsc1-c1ccc([C@H](C)NC(=O)[C@@H]2CCCN2C(=O)C(C(C)C)n2cc(Oc3ccccc3)cn2)cc1. The predicted molar refractivity (Wildman–Crippen MR) is 156 cm³/mol. The van der Waals surface area contributed by atoms with E-state index in [4.69, 9.17) is 4.74 Å². The maximum Gasteiger partial charge on any atom is 0.248 e. The summed E-state index contributed by atoms with van der Waals surface area (Å²) < 4.78 is 7.56. The number of carbonyl (C=O) groups excluding carboxylic acids is 2. The van der Waals surface area contributed by atoms with Crippen LogP contribution in [0.15, 0.2) is 72.5 Å². The number of para-hydroxylation sites is 1. The third-order valence-electron chi connectivity index (χ3n) is 7.34. The molecule has 208 valence electrons. The van der Waals surface area contributed by atoms with E-state index in [0.717, 1.165) is 28.1 Å². The monoisotopic (exact) mass is 557 g/mol. The number of rotatable bonds is 9. The highest BCUT2D eigenvalue weighted by Crippen LogP contribution is 2.30. The molecule has 9 heteroatoms. The largest absolute Gasteiger partial charge is 0.454 e. The molecule has 8 nitrogen and oxygen atoms in total. The Morgan fingerprint density at radius 3 is 2.48 bits per heavy atom. The lowest BCUT2D eigenvalue weighted by Crippen LogP contribution is -2.49. The van der Waals surface area contributed by atoms with Gasteiger partial charge in [0.25, 0.3) is 0 Å². The highest BCUT2D eigenvalue weighted by Gasteiger charge is 2.39. The van der Waals surface area contributed by atoms with Gasteiger partial charge in [0, 0.05) is 6.54 Å². The van der Waals surface area contributed by atoms with Crippen LogP contribution in [0.4, 0.5) is 0 Å². The Kier molecular flexibility index (Phi) is 8.30. The second kappa shape index (κ2) is 12.0. The van der Waals surface area contributed by atoms with E-state index in [-0.39, 0.29) is 23.8 Å². The maximum absolute atomic E-state index is 13.8. The zero-order valence-corrected chi connectivity index (χ0v) is 24.1. The average molecular weight is 558 g/mol. The molecule has 0 radical (unpaired) electrons. The number of benzene rings is 2. The van der Waals surface area contributed by atoms with E-state index < -0.39 is 12.1 Å². The third-order valence-corrected chi connectivity index (χ3v) is 8.32. The number of nitrogens with zero attached hydrogens (tertiary/aromatic N) is 4. The normalized spacial score (nSPS) is 16.6. The van der Waals surface area contributed by atoms with Crippen molar-refractivity contribution in [2.45, 2.75) is 58.7 Å². The van der Waals surface area contributed by atoms with Gasteiger partial charge in [-0.1, -0.05) is 56.3 Å². The first-order valence-corrected chi connectivity index (χ1v) is 14.6. The molecule has 1 aliphatic heterocycles. The van der Waals surface area contributed by atoms with Crippen LogP contribution in [0.1, 0.15) is 57.0 Å². The first-order chi connectivity index (χ1) is 19.3. The van der Waals surface area contributed by atoms with E-state index in [1.807, 2.05) is 75.7 Å². The highest BCUT2D eigenvalue weighted by molar-refractivity contribution is 7.13. The Bertz CT molecular complexity index is 1450. The van der Waals surface area contributed by atoms with Gasteiger partial charge in [0.15, 0.2) is 5.75 Å². The molecule has 1 aliphatic rings. The van der Waals surface area contributed by atoms with Crippen LogP contribution in [0.5, 0.6) is 11.5 Å². The van der Waals surface area contributed by atoms with Gasteiger partial charge < -0.3 is 15.0 Å². The van der Waals surface area contributed by atoms with Crippen LogP contribution in [0.3, 0.4) is 0 Å². The van der Waals surface area contributed by atoms with E-state index in [0.29, 0.717) is 24.5 Å². The van der Waals surface area contributed by atoms with Crippen molar-refractivity contribution < 1.29 is 14.3 Å². The molecular weight excluding hydrogens is 522 g/mol. The summed E-state index contributed by atoms with van der Waals surface area (Å²) in [5.41, 5.74) is 4.99. The molecule has 1 saturated heterocycles. The van der Waals surface area contributed by atoms with Gasteiger partial charge in [-0.2, -0.15) is 5.10 Å². The molecule has 1 N–H and O–H groups in total. The second-order valence-corrected chi connectivity index (χ2v) is 11.4. The van der Waals surface area contributed by atoms with Gasteiger partial charge in [-0.25, -0.2) is 4.98 Å². The van der Waals surface area contributed by atoms with Gasteiger partial charge in [0.05, 0.1) is 34.5 Å². The summed E-state index contributed by atoms with van der Waals surface area (Å²) in [6.45, 7) is 8.51. The number of aryl methyl sites for hydroxylation is 1. The van der Waals surface area contributed by atoms with Crippen molar-refractivity contribution in [3.05, 3.63) is 83.8 Å². The number of ether oxygens (including phenoxy) is 1. The number of likely N-dealkylation sites (tertiary alicyclic amines) is 1.